The third kappa shape index (κ3) is 3.89. The van der Waals surface area contributed by atoms with Crippen molar-refractivity contribution in [3.63, 3.8) is 0 Å². The number of morpholine rings is 1. The van der Waals surface area contributed by atoms with Crippen LogP contribution in [0.5, 0.6) is 0 Å². The van der Waals surface area contributed by atoms with Crippen molar-refractivity contribution in [2.75, 3.05) is 26.3 Å². The zero-order valence-electron chi connectivity index (χ0n) is 15.6. The number of rotatable bonds is 5. The SMILES string of the molecule is C[C@@H](C(=O)Cc1cc2nc(-c3cnn(C)c3)ccc2cn1)N1CCOCC1. The van der Waals surface area contributed by atoms with E-state index in [2.05, 4.69) is 15.0 Å². The van der Waals surface area contributed by atoms with Gasteiger partial charge in [-0.3, -0.25) is 19.4 Å². The number of pyridine rings is 2. The van der Waals surface area contributed by atoms with Crippen molar-refractivity contribution >= 4 is 16.7 Å². The first kappa shape index (κ1) is 17.8. The standard InChI is InChI=1S/C20H23N5O2/c1-14(25-5-7-27-8-6-25)20(26)10-17-9-19-15(11-21-17)3-4-18(23-19)16-12-22-24(2)13-16/h3-4,9,11-14H,5-8,10H2,1-2H3/t14-/m0/s1. The summed E-state index contributed by atoms with van der Waals surface area (Å²) in [5, 5.41) is 5.16. The molecular formula is C20H23N5O2. The molecule has 0 aliphatic carbocycles. The van der Waals surface area contributed by atoms with E-state index in [1.807, 2.05) is 38.4 Å². The van der Waals surface area contributed by atoms with Crippen LogP contribution in [0.2, 0.25) is 0 Å². The first-order valence-corrected chi connectivity index (χ1v) is 9.19. The van der Waals surface area contributed by atoms with E-state index >= 15 is 0 Å². The van der Waals surface area contributed by atoms with Gasteiger partial charge in [0.2, 0.25) is 0 Å². The smallest absolute Gasteiger partial charge is 0.155 e. The lowest BCUT2D eigenvalue weighted by atomic mass is 10.1. The van der Waals surface area contributed by atoms with Gasteiger partial charge in [-0.05, 0) is 25.1 Å². The van der Waals surface area contributed by atoms with Crippen molar-refractivity contribution in [1.82, 2.24) is 24.6 Å². The van der Waals surface area contributed by atoms with Crippen molar-refractivity contribution in [1.29, 1.82) is 0 Å². The first-order chi connectivity index (χ1) is 13.1. The minimum Gasteiger partial charge on any atom is -0.379 e. The molecule has 4 rings (SSSR count). The van der Waals surface area contributed by atoms with Gasteiger partial charge in [0.1, 0.15) is 0 Å². The topological polar surface area (TPSA) is 73.1 Å². The summed E-state index contributed by atoms with van der Waals surface area (Å²) in [6.07, 6.45) is 5.83. The van der Waals surface area contributed by atoms with E-state index in [-0.39, 0.29) is 11.8 Å². The number of hydrogen-bond donors (Lipinski definition) is 0. The number of ketones is 1. The third-order valence-corrected chi connectivity index (χ3v) is 5.05. The number of Topliss-reactive ketones (excluding diaryl/α,β-unsaturated/α-hetero) is 1. The molecule has 1 aliphatic rings. The summed E-state index contributed by atoms with van der Waals surface area (Å²) in [6, 6.07) is 5.76. The molecule has 27 heavy (non-hydrogen) atoms. The van der Waals surface area contributed by atoms with Gasteiger partial charge in [-0.25, -0.2) is 4.98 Å². The van der Waals surface area contributed by atoms with Crippen molar-refractivity contribution in [3.05, 3.63) is 42.5 Å². The zero-order valence-corrected chi connectivity index (χ0v) is 15.6. The summed E-state index contributed by atoms with van der Waals surface area (Å²) in [5.74, 6) is 0.173. The highest BCUT2D eigenvalue weighted by atomic mass is 16.5. The fourth-order valence-electron chi connectivity index (χ4n) is 3.36. The summed E-state index contributed by atoms with van der Waals surface area (Å²) in [6.45, 7) is 4.94. The molecule has 4 heterocycles. The van der Waals surface area contributed by atoms with Gasteiger partial charge in [0.05, 0.1) is 43.1 Å². The molecule has 1 saturated heterocycles. The van der Waals surface area contributed by atoms with Gasteiger partial charge in [-0.1, -0.05) is 0 Å². The quantitative estimate of drug-likeness (QED) is 0.687. The molecule has 0 spiro atoms. The molecule has 1 fully saturated rings. The number of ether oxygens (including phenoxy) is 1. The Bertz CT molecular complexity index is 962. The Morgan fingerprint density at radius 2 is 2.07 bits per heavy atom. The molecule has 7 nitrogen and oxygen atoms in total. The highest BCUT2D eigenvalue weighted by molar-refractivity contribution is 5.87. The molecule has 1 aliphatic heterocycles. The lowest BCUT2D eigenvalue weighted by Gasteiger charge is -2.31. The van der Waals surface area contributed by atoms with Crippen molar-refractivity contribution in [2.24, 2.45) is 7.05 Å². The minimum atomic E-state index is -0.124. The van der Waals surface area contributed by atoms with E-state index in [0.717, 1.165) is 40.9 Å². The summed E-state index contributed by atoms with van der Waals surface area (Å²) < 4.78 is 7.12. The van der Waals surface area contributed by atoms with Crippen LogP contribution in [-0.2, 0) is 23.0 Å². The highest BCUT2D eigenvalue weighted by Crippen LogP contribution is 2.21. The molecule has 0 radical (unpaired) electrons. The van der Waals surface area contributed by atoms with E-state index < -0.39 is 0 Å². The molecule has 1 atom stereocenters. The van der Waals surface area contributed by atoms with Crippen LogP contribution in [0.4, 0.5) is 0 Å². The molecule has 7 heteroatoms. The van der Waals surface area contributed by atoms with E-state index in [1.54, 1.807) is 17.1 Å². The van der Waals surface area contributed by atoms with Gasteiger partial charge < -0.3 is 4.74 Å². The van der Waals surface area contributed by atoms with E-state index in [0.29, 0.717) is 19.6 Å². The predicted molar refractivity (Wildman–Crippen MR) is 102 cm³/mol. The lowest BCUT2D eigenvalue weighted by Crippen LogP contribution is -2.46. The van der Waals surface area contributed by atoms with Gasteiger partial charge in [0.25, 0.3) is 0 Å². The number of hydrogen-bond acceptors (Lipinski definition) is 6. The summed E-state index contributed by atoms with van der Waals surface area (Å²) in [5.41, 5.74) is 3.42. The fraction of sp³-hybridized carbons (Fsp3) is 0.400. The second-order valence-electron chi connectivity index (χ2n) is 6.93. The number of aromatic nitrogens is 4. The van der Waals surface area contributed by atoms with E-state index in [1.165, 1.54) is 0 Å². The van der Waals surface area contributed by atoms with E-state index in [4.69, 9.17) is 9.72 Å². The van der Waals surface area contributed by atoms with Crippen LogP contribution in [0.25, 0.3) is 22.2 Å². The molecule has 0 bridgehead atoms. The maximum Gasteiger partial charge on any atom is 0.155 e. The predicted octanol–water partition coefficient (Wildman–Crippen LogP) is 1.86. The minimum absolute atomic E-state index is 0.124. The fourth-order valence-corrected chi connectivity index (χ4v) is 3.36. The maximum absolute atomic E-state index is 12.7. The Labute approximate surface area is 158 Å². The highest BCUT2D eigenvalue weighted by Gasteiger charge is 2.23. The average Bonchev–Trinajstić information content (AvgIpc) is 3.14. The zero-order chi connectivity index (χ0) is 18.8. The largest absolute Gasteiger partial charge is 0.379 e. The number of aryl methyl sites for hydroxylation is 1. The van der Waals surface area contributed by atoms with Gasteiger partial charge in [-0.15, -0.1) is 0 Å². The van der Waals surface area contributed by atoms with Crippen LogP contribution in [0.1, 0.15) is 12.6 Å². The number of fused-ring (bicyclic) bond motifs is 1. The molecule has 0 N–H and O–H groups in total. The summed E-state index contributed by atoms with van der Waals surface area (Å²) >= 11 is 0. The van der Waals surface area contributed by atoms with Crippen LogP contribution < -0.4 is 0 Å². The number of nitrogens with zero attached hydrogens (tertiary/aromatic N) is 5. The Balaban J connectivity index is 1.54. The van der Waals surface area contributed by atoms with Gasteiger partial charge in [0.15, 0.2) is 5.78 Å². The normalized spacial score (nSPS) is 16.5. The van der Waals surface area contributed by atoms with Crippen LogP contribution >= 0.6 is 0 Å². The van der Waals surface area contributed by atoms with Crippen LogP contribution in [0.15, 0.2) is 36.8 Å². The van der Waals surface area contributed by atoms with Crippen molar-refractivity contribution in [2.45, 2.75) is 19.4 Å². The number of carbonyl (C=O) groups is 1. The van der Waals surface area contributed by atoms with Crippen molar-refractivity contribution in [3.8, 4) is 11.3 Å². The Kier molecular flexibility index (Phi) is 4.96. The Morgan fingerprint density at radius 3 is 2.81 bits per heavy atom. The molecule has 140 valence electrons. The summed E-state index contributed by atoms with van der Waals surface area (Å²) in [7, 11) is 1.88. The van der Waals surface area contributed by atoms with Crippen molar-refractivity contribution < 1.29 is 9.53 Å². The van der Waals surface area contributed by atoms with Crippen LogP contribution in [-0.4, -0.2) is 62.8 Å². The molecule has 3 aromatic heterocycles. The Hall–Kier alpha value is -2.64. The molecular weight excluding hydrogens is 342 g/mol. The molecule has 0 amide bonds. The van der Waals surface area contributed by atoms with Gasteiger partial charge in [-0.2, -0.15) is 5.10 Å². The monoisotopic (exact) mass is 365 g/mol. The van der Waals surface area contributed by atoms with E-state index in [9.17, 15) is 4.79 Å². The third-order valence-electron chi connectivity index (χ3n) is 5.05. The number of carbonyl (C=O) groups excluding carboxylic acids is 1. The average molecular weight is 365 g/mol. The molecule has 0 unspecified atom stereocenters. The maximum atomic E-state index is 12.7. The Morgan fingerprint density at radius 1 is 1.26 bits per heavy atom. The molecule has 0 aromatic carbocycles. The van der Waals surface area contributed by atoms with Crippen LogP contribution in [0.3, 0.4) is 0 Å². The second-order valence-corrected chi connectivity index (χ2v) is 6.93. The second kappa shape index (κ2) is 7.54. The molecule has 3 aromatic rings. The summed E-state index contributed by atoms with van der Waals surface area (Å²) in [4.78, 5) is 24.0. The van der Waals surface area contributed by atoms with Gasteiger partial charge in [0, 0.05) is 49.2 Å². The van der Waals surface area contributed by atoms with Gasteiger partial charge >= 0.3 is 0 Å². The lowest BCUT2D eigenvalue weighted by molar-refractivity contribution is -0.124. The first-order valence-electron chi connectivity index (χ1n) is 9.19. The molecule has 0 saturated carbocycles. The van der Waals surface area contributed by atoms with Crippen LogP contribution in [0, 0.1) is 0 Å².